The number of rotatable bonds is 4. The number of benzene rings is 2. The molecule has 4 nitrogen and oxygen atoms in total. The zero-order valence-corrected chi connectivity index (χ0v) is 14.4. The van der Waals surface area contributed by atoms with Gasteiger partial charge in [-0.05, 0) is 68.0 Å². The van der Waals surface area contributed by atoms with Crippen molar-refractivity contribution in [2.24, 2.45) is 0 Å². The van der Waals surface area contributed by atoms with Crippen LogP contribution < -0.4 is 10.6 Å². The van der Waals surface area contributed by atoms with E-state index in [0.717, 1.165) is 16.9 Å². The third kappa shape index (κ3) is 4.68. The lowest BCUT2D eigenvalue weighted by Crippen LogP contribution is -2.20. The molecule has 2 aromatic carbocycles. The van der Waals surface area contributed by atoms with E-state index in [1.54, 1.807) is 31.2 Å². The van der Waals surface area contributed by atoms with Gasteiger partial charge < -0.3 is 15.4 Å². The molecule has 23 heavy (non-hydrogen) atoms. The maximum absolute atomic E-state index is 11.9. The molecule has 6 heteroatoms. The molecule has 2 N–H and O–H groups in total. The SMILES string of the molecule is CCOC(=O)c1cccc(NC(=S)Nc2ccc(Cl)cc2)c1C. The lowest BCUT2D eigenvalue weighted by molar-refractivity contribution is 0.0525. The quantitative estimate of drug-likeness (QED) is 0.623. The maximum Gasteiger partial charge on any atom is 0.338 e. The minimum atomic E-state index is -0.342. The molecule has 0 aliphatic rings. The van der Waals surface area contributed by atoms with Gasteiger partial charge in [-0.1, -0.05) is 17.7 Å². The normalized spacial score (nSPS) is 10.0. The van der Waals surface area contributed by atoms with Gasteiger partial charge in [-0.3, -0.25) is 0 Å². The molecule has 0 spiro atoms. The van der Waals surface area contributed by atoms with E-state index in [1.165, 1.54) is 0 Å². The van der Waals surface area contributed by atoms with Crippen molar-refractivity contribution in [3.05, 3.63) is 58.6 Å². The van der Waals surface area contributed by atoms with Crippen LogP contribution in [0.3, 0.4) is 0 Å². The second-order valence-corrected chi connectivity index (χ2v) is 5.63. The van der Waals surface area contributed by atoms with Crippen molar-refractivity contribution in [2.75, 3.05) is 17.2 Å². The summed E-state index contributed by atoms with van der Waals surface area (Å²) >= 11 is 11.2. The van der Waals surface area contributed by atoms with Gasteiger partial charge in [0.05, 0.1) is 12.2 Å². The molecule has 2 rings (SSSR count). The molecule has 0 fully saturated rings. The first kappa shape index (κ1) is 17.2. The summed E-state index contributed by atoms with van der Waals surface area (Å²) in [5, 5.41) is 7.24. The van der Waals surface area contributed by atoms with Crippen LogP contribution in [0.2, 0.25) is 5.02 Å². The molecule has 0 atom stereocenters. The van der Waals surface area contributed by atoms with Crippen LogP contribution in [0.5, 0.6) is 0 Å². The Hall–Kier alpha value is -2.11. The Morgan fingerprint density at radius 3 is 2.52 bits per heavy atom. The Morgan fingerprint density at radius 2 is 1.87 bits per heavy atom. The Bertz CT molecular complexity index is 717. The van der Waals surface area contributed by atoms with Crippen molar-refractivity contribution in [3.63, 3.8) is 0 Å². The molecular weight excluding hydrogens is 332 g/mol. The Labute approximate surface area is 145 Å². The minimum Gasteiger partial charge on any atom is -0.462 e. The summed E-state index contributed by atoms with van der Waals surface area (Å²) in [6.07, 6.45) is 0. The summed E-state index contributed by atoms with van der Waals surface area (Å²) < 4.78 is 5.05. The predicted molar refractivity (Wildman–Crippen MR) is 98.4 cm³/mol. The summed E-state index contributed by atoms with van der Waals surface area (Å²) in [5.41, 5.74) is 2.88. The van der Waals surface area contributed by atoms with Gasteiger partial charge in [0.1, 0.15) is 0 Å². The zero-order chi connectivity index (χ0) is 16.8. The second kappa shape index (κ2) is 7.94. The van der Waals surface area contributed by atoms with Crippen molar-refractivity contribution in [1.82, 2.24) is 0 Å². The number of esters is 1. The average molecular weight is 349 g/mol. The van der Waals surface area contributed by atoms with Crippen LogP contribution in [-0.4, -0.2) is 17.7 Å². The van der Waals surface area contributed by atoms with Gasteiger partial charge in [0.25, 0.3) is 0 Å². The summed E-state index contributed by atoms with van der Waals surface area (Å²) in [7, 11) is 0. The Balaban J connectivity index is 2.10. The molecule has 120 valence electrons. The average Bonchev–Trinajstić information content (AvgIpc) is 2.52. The highest BCUT2D eigenvalue weighted by Gasteiger charge is 2.13. The fraction of sp³-hybridized carbons (Fsp3) is 0.176. The van der Waals surface area contributed by atoms with E-state index in [4.69, 9.17) is 28.6 Å². The first-order chi connectivity index (χ1) is 11.0. The van der Waals surface area contributed by atoms with E-state index in [9.17, 15) is 4.79 Å². The molecule has 0 aliphatic carbocycles. The number of hydrogen-bond donors (Lipinski definition) is 2. The van der Waals surface area contributed by atoms with Crippen LogP contribution >= 0.6 is 23.8 Å². The number of nitrogens with one attached hydrogen (secondary N) is 2. The summed E-state index contributed by atoms with van der Waals surface area (Å²) in [6, 6.07) is 12.6. The smallest absolute Gasteiger partial charge is 0.338 e. The molecule has 0 saturated heterocycles. The first-order valence-electron chi connectivity index (χ1n) is 7.11. The number of hydrogen-bond acceptors (Lipinski definition) is 3. The lowest BCUT2D eigenvalue weighted by atomic mass is 10.1. The van der Waals surface area contributed by atoms with Gasteiger partial charge >= 0.3 is 5.97 Å². The molecule has 0 aliphatic heterocycles. The fourth-order valence-corrected chi connectivity index (χ4v) is 2.37. The lowest BCUT2D eigenvalue weighted by Gasteiger charge is -2.14. The van der Waals surface area contributed by atoms with Crippen LogP contribution in [0.4, 0.5) is 11.4 Å². The summed E-state index contributed by atoms with van der Waals surface area (Å²) in [6.45, 7) is 3.96. The van der Waals surface area contributed by atoms with Crippen molar-refractivity contribution >= 4 is 46.3 Å². The van der Waals surface area contributed by atoms with Crippen molar-refractivity contribution in [2.45, 2.75) is 13.8 Å². The van der Waals surface area contributed by atoms with Crippen molar-refractivity contribution in [1.29, 1.82) is 0 Å². The summed E-state index contributed by atoms with van der Waals surface area (Å²) in [5.74, 6) is -0.342. The fourth-order valence-electron chi connectivity index (χ4n) is 2.02. The number of thiocarbonyl (C=S) groups is 1. The van der Waals surface area contributed by atoms with Crippen LogP contribution in [0.15, 0.2) is 42.5 Å². The van der Waals surface area contributed by atoms with Gasteiger partial charge in [0.15, 0.2) is 5.11 Å². The number of anilines is 2. The van der Waals surface area contributed by atoms with Crippen molar-refractivity contribution < 1.29 is 9.53 Å². The van der Waals surface area contributed by atoms with Crippen LogP contribution in [-0.2, 0) is 4.74 Å². The topological polar surface area (TPSA) is 50.4 Å². The highest BCUT2D eigenvalue weighted by atomic mass is 35.5. The molecule has 0 bridgehead atoms. The van der Waals surface area contributed by atoms with E-state index in [2.05, 4.69) is 10.6 Å². The van der Waals surface area contributed by atoms with Crippen molar-refractivity contribution in [3.8, 4) is 0 Å². The molecule has 0 saturated carbocycles. The number of carbonyl (C=O) groups is 1. The Kier molecular flexibility index (Phi) is 5.96. The minimum absolute atomic E-state index is 0.340. The van der Waals surface area contributed by atoms with Crippen LogP contribution in [0.25, 0.3) is 0 Å². The molecule has 0 aromatic heterocycles. The van der Waals surface area contributed by atoms with Crippen LogP contribution in [0, 0.1) is 6.92 Å². The molecule has 0 heterocycles. The number of ether oxygens (including phenoxy) is 1. The molecular formula is C17H17ClN2O2S. The van der Waals surface area contributed by atoms with E-state index in [-0.39, 0.29) is 5.97 Å². The second-order valence-electron chi connectivity index (χ2n) is 4.78. The van der Waals surface area contributed by atoms with Crippen LogP contribution in [0.1, 0.15) is 22.8 Å². The van der Waals surface area contributed by atoms with Gasteiger partial charge in [0.2, 0.25) is 0 Å². The van der Waals surface area contributed by atoms with E-state index in [0.29, 0.717) is 22.3 Å². The molecule has 0 unspecified atom stereocenters. The monoisotopic (exact) mass is 348 g/mol. The third-order valence-electron chi connectivity index (χ3n) is 3.18. The molecule has 2 aromatic rings. The van der Waals surface area contributed by atoms with Gasteiger partial charge in [0, 0.05) is 16.4 Å². The first-order valence-corrected chi connectivity index (χ1v) is 7.90. The largest absolute Gasteiger partial charge is 0.462 e. The van der Waals surface area contributed by atoms with Gasteiger partial charge in [-0.25, -0.2) is 4.79 Å². The third-order valence-corrected chi connectivity index (χ3v) is 3.64. The number of halogens is 1. The van der Waals surface area contributed by atoms with E-state index in [1.807, 2.05) is 25.1 Å². The van der Waals surface area contributed by atoms with E-state index < -0.39 is 0 Å². The molecule has 0 radical (unpaired) electrons. The molecule has 0 amide bonds. The van der Waals surface area contributed by atoms with E-state index >= 15 is 0 Å². The highest BCUT2D eigenvalue weighted by molar-refractivity contribution is 7.80. The zero-order valence-electron chi connectivity index (χ0n) is 12.9. The van der Waals surface area contributed by atoms with Gasteiger partial charge in [-0.2, -0.15) is 0 Å². The Morgan fingerprint density at radius 1 is 1.17 bits per heavy atom. The maximum atomic E-state index is 11.9. The highest BCUT2D eigenvalue weighted by Crippen LogP contribution is 2.20. The standard InChI is InChI=1S/C17H17ClN2O2S/c1-3-22-16(21)14-5-4-6-15(11(14)2)20-17(23)19-13-9-7-12(18)8-10-13/h4-10H,3H2,1-2H3,(H2,19,20,23). The summed E-state index contributed by atoms with van der Waals surface area (Å²) in [4.78, 5) is 11.9. The number of carbonyl (C=O) groups excluding carboxylic acids is 1. The van der Waals surface area contributed by atoms with Gasteiger partial charge in [-0.15, -0.1) is 0 Å². The predicted octanol–water partition coefficient (Wildman–Crippen LogP) is 4.63.